The quantitative estimate of drug-likeness (QED) is 0.889. The van der Waals surface area contributed by atoms with Crippen molar-refractivity contribution in [1.29, 1.82) is 0 Å². The number of hydrogen-bond donors (Lipinski definition) is 1. The molecule has 1 aromatic carbocycles. The fraction of sp³-hybridized carbons (Fsp3) is 0.375. The normalized spacial score (nSPS) is 10.9. The van der Waals surface area contributed by atoms with E-state index >= 15 is 0 Å². The zero-order valence-electron chi connectivity index (χ0n) is 12.7. The summed E-state index contributed by atoms with van der Waals surface area (Å²) in [7, 11) is 0. The number of carbonyl (C=O) groups excluding carboxylic acids is 1. The second kappa shape index (κ2) is 7.33. The zero-order valence-corrected chi connectivity index (χ0v) is 13.5. The second-order valence-electron chi connectivity index (χ2n) is 4.91. The molecular weight excluding hydrogens is 282 g/mol. The van der Waals surface area contributed by atoms with E-state index in [9.17, 15) is 4.79 Å². The van der Waals surface area contributed by atoms with Gasteiger partial charge in [0, 0.05) is 10.9 Å². The number of rotatable bonds is 6. The Hall–Kier alpha value is -1.72. The van der Waals surface area contributed by atoms with Crippen molar-refractivity contribution in [2.24, 2.45) is 0 Å². The van der Waals surface area contributed by atoms with Crippen LogP contribution in [0, 0.1) is 6.92 Å². The van der Waals surface area contributed by atoms with Crippen LogP contribution in [0.2, 0.25) is 0 Å². The van der Waals surface area contributed by atoms with Crippen molar-refractivity contribution in [2.75, 3.05) is 25.0 Å². The molecule has 1 N–H and O–H groups in total. The molecule has 0 atom stereocenters. The van der Waals surface area contributed by atoms with Crippen LogP contribution in [0.4, 0.5) is 5.13 Å². The third-order valence-electron chi connectivity index (χ3n) is 3.36. The Kier molecular flexibility index (Phi) is 5.47. The first kappa shape index (κ1) is 15.7. The first-order chi connectivity index (χ1) is 10.1. The molecule has 0 bridgehead atoms. The Labute approximate surface area is 129 Å². The molecule has 2 rings (SSSR count). The van der Waals surface area contributed by atoms with Crippen molar-refractivity contribution in [1.82, 2.24) is 9.88 Å². The van der Waals surface area contributed by atoms with E-state index in [0.717, 1.165) is 24.3 Å². The topological polar surface area (TPSA) is 45.2 Å². The van der Waals surface area contributed by atoms with E-state index in [2.05, 4.69) is 48.1 Å². The summed E-state index contributed by atoms with van der Waals surface area (Å²) in [4.78, 5) is 18.5. The van der Waals surface area contributed by atoms with Gasteiger partial charge in [-0.15, -0.1) is 11.3 Å². The van der Waals surface area contributed by atoms with Crippen LogP contribution >= 0.6 is 11.3 Å². The van der Waals surface area contributed by atoms with Crippen molar-refractivity contribution in [3.05, 3.63) is 35.2 Å². The number of thiazole rings is 1. The Bertz CT molecular complexity index is 588. The van der Waals surface area contributed by atoms with Gasteiger partial charge in [0.1, 0.15) is 0 Å². The maximum absolute atomic E-state index is 11.9. The summed E-state index contributed by atoms with van der Waals surface area (Å²) in [6, 6.07) is 8.22. The van der Waals surface area contributed by atoms with Crippen LogP contribution in [0.5, 0.6) is 0 Å². The van der Waals surface area contributed by atoms with E-state index in [-0.39, 0.29) is 5.91 Å². The van der Waals surface area contributed by atoms with Crippen LogP contribution in [0.3, 0.4) is 0 Å². The molecule has 5 heteroatoms. The number of carbonyl (C=O) groups is 1. The molecule has 0 unspecified atom stereocenters. The minimum Gasteiger partial charge on any atom is -0.301 e. The predicted octanol–water partition coefficient (Wildman–Crippen LogP) is 3.40. The number of aromatic nitrogens is 1. The maximum atomic E-state index is 11.9. The molecule has 0 aliphatic carbocycles. The van der Waals surface area contributed by atoms with Crippen LogP contribution in [0.15, 0.2) is 29.6 Å². The highest BCUT2D eigenvalue weighted by atomic mass is 32.1. The lowest BCUT2D eigenvalue weighted by atomic mass is 10.1. The fourth-order valence-electron chi connectivity index (χ4n) is 2.00. The molecule has 1 aromatic heterocycles. The van der Waals surface area contributed by atoms with Crippen LogP contribution in [0.25, 0.3) is 11.3 Å². The number of amides is 1. The van der Waals surface area contributed by atoms with Gasteiger partial charge >= 0.3 is 0 Å². The molecule has 112 valence electrons. The standard InChI is InChI=1S/C16H21N3OS/c1-4-19(5-2)10-15(20)18-16-17-14(11-21-16)13-8-6-12(3)7-9-13/h6-9,11H,4-5,10H2,1-3H3,(H,17,18,20). The second-order valence-corrected chi connectivity index (χ2v) is 5.77. The molecule has 0 spiro atoms. The molecule has 0 aliphatic rings. The Morgan fingerprint density at radius 2 is 1.90 bits per heavy atom. The van der Waals surface area contributed by atoms with E-state index in [1.54, 1.807) is 0 Å². The third kappa shape index (κ3) is 4.37. The summed E-state index contributed by atoms with van der Waals surface area (Å²) >= 11 is 1.46. The van der Waals surface area contributed by atoms with Gasteiger partial charge in [0.15, 0.2) is 5.13 Å². The Morgan fingerprint density at radius 1 is 1.24 bits per heavy atom. The number of hydrogen-bond acceptors (Lipinski definition) is 4. The molecule has 0 saturated carbocycles. The number of likely N-dealkylation sites (N-methyl/N-ethyl adjacent to an activating group) is 1. The highest BCUT2D eigenvalue weighted by molar-refractivity contribution is 7.14. The molecule has 2 aromatic rings. The molecule has 0 fully saturated rings. The predicted molar refractivity (Wildman–Crippen MR) is 88.7 cm³/mol. The van der Waals surface area contributed by atoms with Crippen molar-refractivity contribution < 1.29 is 4.79 Å². The third-order valence-corrected chi connectivity index (χ3v) is 4.12. The lowest BCUT2D eigenvalue weighted by molar-refractivity contribution is -0.117. The van der Waals surface area contributed by atoms with Gasteiger partial charge in [-0.05, 0) is 20.0 Å². The van der Waals surface area contributed by atoms with E-state index < -0.39 is 0 Å². The lowest BCUT2D eigenvalue weighted by Gasteiger charge is -2.16. The van der Waals surface area contributed by atoms with E-state index in [1.165, 1.54) is 16.9 Å². The maximum Gasteiger partial charge on any atom is 0.240 e. The van der Waals surface area contributed by atoms with E-state index in [0.29, 0.717) is 11.7 Å². The molecule has 4 nitrogen and oxygen atoms in total. The first-order valence-electron chi connectivity index (χ1n) is 7.17. The van der Waals surface area contributed by atoms with Crippen LogP contribution in [-0.4, -0.2) is 35.4 Å². The minimum absolute atomic E-state index is 0.0106. The van der Waals surface area contributed by atoms with Gasteiger partial charge in [-0.2, -0.15) is 0 Å². The SMILES string of the molecule is CCN(CC)CC(=O)Nc1nc(-c2ccc(C)cc2)cs1. The minimum atomic E-state index is -0.0106. The average molecular weight is 303 g/mol. The van der Waals surface area contributed by atoms with Crippen molar-refractivity contribution in [3.8, 4) is 11.3 Å². The van der Waals surface area contributed by atoms with Gasteiger partial charge in [-0.1, -0.05) is 43.7 Å². The summed E-state index contributed by atoms with van der Waals surface area (Å²) in [5.74, 6) is -0.0106. The smallest absolute Gasteiger partial charge is 0.240 e. The largest absolute Gasteiger partial charge is 0.301 e. The summed E-state index contributed by atoms with van der Waals surface area (Å²) in [6.45, 7) is 8.31. The molecule has 21 heavy (non-hydrogen) atoms. The molecule has 0 radical (unpaired) electrons. The highest BCUT2D eigenvalue weighted by Gasteiger charge is 2.10. The molecule has 0 aliphatic heterocycles. The van der Waals surface area contributed by atoms with Gasteiger partial charge < -0.3 is 5.32 Å². The number of nitrogens with one attached hydrogen (secondary N) is 1. The van der Waals surface area contributed by atoms with Gasteiger partial charge in [-0.3, -0.25) is 9.69 Å². The molecule has 1 heterocycles. The van der Waals surface area contributed by atoms with Gasteiger partial charge in [0.25, 0.3) is 0 Å². The van der Waals surface area contributed by atoms with Crippen molar-refractivity contribution in [3.63, 3.8) is 0 Å². The number of anilines is 1. The monoisotopic (exact) mass is 303 g/mol. The zero-order chi connectivity index (χ0) is 15.2. The van der Waals surface area contributed by atoms with Gasteiger partial charge in [0.05, 0.1) is 12.2 Å². The molecule has 1 amide bonds. The summed E-state index contributed by atoms with van der Waals surface area (Å²) < 4.78 is 0. The summed E-state index contributed by atoms with van der Waals surface area (Å²) in [5, 5.41) is 5.49. The number of benzene rings is 1. The fourth-order valence-corrected chi connectivity index (χ4v) is 2.73. The summed E-state index contributed by atoms with van der Waals surface area (Å²) in [5.41, 5.74) is 3.20. The number of aryl methyl sites for hydroxylation is 1. The number of nitrogens with zero attached hydrogens (tertiary/aromatic N) is 2. The molecular formula is C16H21N3OS. The van der Waals surface area contributed by atoms with E-state index in [4.69, 9.17) is 0 Å². The summed E-state index contributed by atoms with van der Waals surface area (Å²) in [6.07, 6.45) is 0. The van der Waals surface area contributed by atoms with E-state index in [1.807, 2.05) is 17.5 Å². The Balaban J connectivity index is 2.00. The van der Waals surface area contributed by atoms with Gasteiger partial charge in [-0.25, -0.2) is 4.98 Å². The highest BCUT2D eigenvalue weighted by Crippen LogP contribution is 2.25. The average Bonchev–Trinajstić information content (AvgIpc) is 2.94. The van der Waals surface area contributed by atoms with Crippen LogP contribution in [0.1, 0.15) is 19.4 Å². The first-order valence-corrected chi connectivity index (χ1v) is 8.05. The molecule has 0 saturated heterocycles. The lowest BCUT2D eigenvalue weighted by Crippen LogP contribution is -2.32. The van der Waals surface area contributed by atoms with Crippen LogP contribution in [-0.2, 0) is 4.79 Å². The van der Waals surface area contributed by atoms with Crippen molar-refractivity contribution >= 4 is 22.4 Å². The van der Waals surface area contributed by atoms with Gasteiger partial charge in [0.2, 0.25) is 5.91 Å². The van der Waals surface area contributed by atoms with Crippen LogP contribution < -0.4 is 5.32 Å². The Morgan fingerprint density at radius 3 is 2.52 bits per heavy atom. The van der Waals surface area contributed by atoms with Crippen molar-refractivity contribution in [2.45, 2.75) is 20.8 Å².